The lowest BCUT2D eigenvalue weighted by Crippen LogP contribution is -2.34. The summed E-state index contributed by atoms with van der Waals surface area (Å²) in [5.74, 6) is 0. The van der Waals surface area contributed by atoms with E-state index < -0.39 is 21.4 Å². The van der Waals surface area contributed by atoms with Crippen LogP contribution in [0.5, 0.6) is 0 Å². The second-order valence-corrected chi connectivity index (χ2v) is 5.71. The molecule has 16 heavy (non-hydrogen) atoms. The van der Waals surface area contributed by atoms with Gasteiger partial charge in [0.1, 0.15) is 5.25 Å². The molecule has 5 heteroatoms. The van der Waals surface area contributed by atoms with Gasteiger partial charge in [0.2, 0.25) is 0 Å². The Kier molecular flexibility index (Phi) is 4.46. The maximum absolute atomic E-state index is 12.1. The lowest BCUT2D eigenvalue weighted by molar-refractivity contribution is -0.100. The number of methoxy groups -OCH3 is 2. The first-order valence-electron chi connectivity index (χ1n) is 4.88. The normalized spacial score (nSPS) is 14.0. The average molecular weight is 244 g/mol. The molecule has 0 aliphatic heterocycles. The molecule has 0 fully saturated rings. The molecule has 0 N–H and O–H groups in total. The zero-order chi connectivity index (χ0) is 12.2. The summed E-state index contributed by atoms with van der Waals surface area (Å²) in [6, 6.07) is 8.28. The molecule has 1 aromatic carbocycles. The van der Waals surface area contributed by atoms with Crippen LogP contribution in [-0.4, -0.2) is 34.2 Å². The van der Waals surface area contributed by atoms with Crippen molar-refractivity contribution in [1.29, 1.82) is 0 Å². The summed E-state index contributed by atoms with van der Waals surface area (Å²) in [6.07, 6.45) is -0.759. The molecule has 0 aliphatic rings. The fourth-order valence-corrected chi connectivity index (χ4v) is 2.93. The van der Waals surface area contributed by atoms with Crippen molar-refractivity contribution in [3.63, 3.8) is 0 Å². The van der Waals surface area contributed by atoms with Gasteiger partial charge in [0.05, 0.1) is 4.90 Å². The van der Waals surface area contributed by atoms with Gasteiger partial charge >= 0.3 is 0 Å². The van der Waals surface area contributed by atoms with Crippen LogP contribution in [0.1, 0.15) is 6.92 Å². The van der Waals surface area contributed by atoms with Crippen molar-refractivity contribution < 1.29 is 17.9 Å². The van der Waals surface area contributed by atoms with E-state index in [1.807, 2.05) is 0 Å². The van der Waals surface area contributed by atoms with E-state index in [1.165, 1.54) is 14.2 Å². The van der Waals surface area contributed by atoms with Crippen molar-refractivity contribution in [3.05, 3.63) is 30.3 Å². The van der Waals surface area contributed by atoms with Crippen molar-refractivity contribution in [2.45, 2.75) is 23.4 Å². The van der Waals surface area contributed by atoms with E-state index in [1.54, 1.807) is 37.3 Å². The van der Waals surface area contributed by atoms with Gasteiger partial charge in [-0.25, -0.2) is 8.42 Å². The molecule has 1 rings (SSSR count). The summed E-state index contributed by atoms with van der Waals surface area (Å²) in [7, 11) is -0.569. The van der Waals surface area contributed by atoms with Gasteiger partial charge in [0.15, 0.2) is 16.1 Å². The van der Waals surface area contributed by atoms with Crippen LogP contribution in [0.25, 0.3) is 0 Å². The van der Waals surface area contributed by atoms with Gasteiger partial charge in [-0.1, -0.05) is 18.2 Å². The maximum atomic E-state index is 12.1. The van der Waals surface area contributed by atoms with Crippen LogP contribution in [0.2, 0.25) is 0 Å². The molecule has 0 spiro atoms. The van der Waals surface area contributed by atoms with Gasteiger partial charge in [0, 0.05) is 14.2 Å². The molecule has 4 nitrogen and oxygen atoms in total. The van der Waals surface area contributed by atoms with Crippen molar-refractivity contribution >= 4 is 9.84 Å². The first-order chi connectivity index (χ1) is 7.54. The summed E-state index contributed by atoms with van der Waals surface area (Å²) in [5.41, 5.74) is 0. The van der Waals surface area contributed by atoms with Crippen molar-refractivity contribution in [3.8, 4) is 0 Å². The van der Waals surface area contributed by atoms with E-state index in [-0.39, 0.29) is 4.90 Å². The summed E-state index contributed by atoms with van der Waals surface area (Å²) in [5, 5.41) is -0.745. The first kappa shape index (κ1) is 13.2. The van der Waals surface area contributed by atoms with Gasteiger partial charge in [-0.2, -0.15) is 0 Å². The third-order valence-corrected chi connectivity index (χ3v) is 4.54. The SMILES string of the molecule is COC(OC)C(C)S(=O)(=O)c1ccccc1. The molecule has 1 atom stereocenters. The number of hydrogen-bond donors (Lipinski definition) is 0. The first-order valence-corrected chi connectivity index (χ1v) is 6.43. The van der Waals surface area contributed by atoms with Crippen molar-refractivity contribution in [2.24, 2.45) is 0 Å². The Labute approximate surface area is 96.1 Å². The standard InChI is InChI=1S/C11H16O4S/c1-9(11(14-2)15-3)16(12,13)10-7-5-4-6-8-10/h4-9,11H,1-3H3. The van der Waals surface area contributed by atoms with Gasteiger partial charge in [-0.15, -0.1) is 0 Å². The second-order valence-electron chi connectivity index (χ2n) is 3.40. The predicted octanol–water partition coefficient (Wildman–Crippen LogP) is 1.47. The minimum absolute atomic E-state index is 0.279. The Morgan fingerprint density at radius 2 is 1.56 bits per heavy atom. The maximum Gasteiger partial charge on any atom is 0.185 e. The van der Waals surface area contributed by atoms with Crippen molar-refractivity contribution in [2.75, 3.05) is 14.2 Å². The minimum Gasteiger partial charge on any atom is -0.355 e. The Hall–Kier alpha value is -0.910. The molecule has 0 aliphatic carbocycles. The van der Waals surface area contributed by atoms with E-state index in [0.717, 1.165) is 0 Å². The fraction of sp³-hybridized carbons (Fsp3) is 0.455. The van der Waals surface area contributed by atoms with E-state index in [9.17, 15) is 8.42 Å². The zero-order valence-corrected chi connectivity index (χ0v) is 10.4. The molecule has 0 radical (unpaired) electrons. The molecule has 0 saturated carbocycles. The zero-order valence-electron chi connectivity index (χ0n) is 9.58. The topological polar surface area (TPSA) is 52.6 Å². The van der Waals surface area contributed by atoms with Crippen LogP contribution >= 0.6 is 0 Å². The van der Waals surface area contributed by atoms with Gasteiger partial charge in [-0.3, -0.25) is 0 Å². The molecule has 0 heterocycles. The highest BCUT2D eigenvalue weighted by Gasteiger charge is 2.30. The number of sulfone groups is 1. The molecule has 0 saturated heterocycles. The highest BCUT2D eigenvalue weighted by atomic mass is 32.2. The summed E-state index contributed by atoms with van der Waals surface area (Å²) >= 11 is 0. The van der Waals surface area contributed by atoms with Crippen molar-refractivity contribution in [1.82, 2.24) is 0 Å². The average Bonchev–Trinajstić information content (AvgIpc) is 2.31. The van der Waals surface area contributed by atoms with Gasteiger partial charge < -0.3 is 9.47 Å². The highest BCUT2D eigenvalue weighted by Crippen LogP contribution is 2.19. The monoisotopic (exact) mass is 244 g/mol. The third kappa shape index (κ3) is 2.61. The van der Waals surface area contributed by atoms with Crippen LogP contribution in [0.15, 0.2) is 35.2 Å². The molecular formula is C11H16O4S. The number of ether oxygens (including phenoxy) is 2. The molecule has 1 unspecified atom stereocenters. The van der Waals surface area contributed by atoms with E-state index >= 15 is 0 Å². The summed E-state index contributed by atoms with van der Waals surface area (Å²) in [6.45, 7) is 1.57. The number of rotatable bonds is 5. The highest BCUT2D eigenvalue weighted by molar-refractivity contribution is 7.92. The molecule has 1 aromatic rings. The van der Waals surface area contributed by atoms with E-state index in [4.69, 9.17) is 9.47 Å². The Morgan fingerprint density at radius 1 is 1.06 bits per heavy atom. The summed E-state index contributed by atoms with van der Waals surface area (Å²) in [4.78, 5) is 0.279. The lowest BCUT2D eigenvalue weighted by atomic mass is 10.4. The quantitative estimate of drug-likeness (QED) is 0.736. The Bertz CT molecular complexity index is 409. The van der Waals surface area contributed by atoms with E-state index in [2.05, 4.69) is 0 Å². The summed E-state index contributed by atoms with van der Waals surface area (Å²) < 4.78 is 34.2. The van der Waals surface area contributed by atoms with Crippen LogP contribution in [-0.2, 0) is 19.3 Å². The Morgan fingerprint density at radius 3 is 2.00 bits per heavy atom. The number of hydrogen-bond acceptors (Lipinski definition) is 4. The van der Waals surface area contributed by atoms with E-state index in [0.29, 0.717) is 0 Å². The molecular weight excluding hydrogens is 228 g/mol. The van der Waals surface area contributed by atoms with Gasteiger partial charge in [0.25, 0.3) is 0 Å². The molecule has 0 bridgehead atoms. The van der Waals surface area contributed by atoms with Crippen LogP contribution in [0.3, 0.4) is 0 Å². The van der Waals surface area contributed by atoms with Crippen LogP contribution in [0, 0.1) is 0 Å². The largest absolute Gasteiger partial charge is 0.355 e. The number of benzene rings is 1. The molecule has 90 valence electrons. The van der Waals surface area contributed by atoms with Crippen LogP contribution < -0.4 is 0 Å². The minimum atomic E-state index is -3.41. The predicted molar refractivity (Wildman–Crippen MR) is 60.9 cm³/mol. The smallest absolute Gasteiger partial charge is 0.185 e. The van der Waals surface area contributed by atoms with Crippen LogP contribution in [0.4, 0.5) is 0 Å². The Balaban J connectivity index is 3.03. The fourth-order valence-electron chi connectivity index (χ4n) is 1.45. The molecule has 0 amide bonds. The molecule has 0 aromatic heterocycles. The van der Waals surface area contributed by atoms with Gasteiger partial charge in [-0.05, 0) is 19.1 Å². The third-order valence-electron chi connectivity index (χ3n) is 2.41. The lowest BCUT2D eigenvalue weighted by Gasteiger charge is -2.21. The second kappa shape index (κ2) is 5.43.